The van der Waals surface area contributed by atoms with Crippen LogP contribution in [0.25, 0.3) is 0 Å². The molecule has 0 saturated carbocycles. The number of nitro benzene ring substituents is 1. The second-order valence-electron chi connectivity index (χ2n) is 4.96. The molecule has 21 heavy (non-hydrogen) atoms. The Kier molecular flexibility index (Phi) is 4.74. The van der Waals surface area contributed by atoms with Gasteiger partial charge < -0.3 is 15.5 Å². The Bertz CT molecular complexity index is 555. The van der Waals surface area contributed by atoms with Crippen molar-refractivity contribution in [1.82, 2.24) is 4.90 Å². The van der Waals surface area contributed by atoms with E-state index in [0.717, 1.165) is 19.6 Å². The van der Waals surface area contributed by atoms with Gasteiger partial charge in [-0.2, -0.15) is 0 Å². The first-order chi connectivity index (χ1) is 10.0. The van der Waals surface area contributed by atoms with Gasteiger partial charge >= 0.3 is 0 Å². The zero-order chi connectivity index (χ0) is 15.4. The summed E-state index contributed by atoms with van der Waals surface area (Å²) in [4.78, 5) is 24.3. The molecule has 0 atom stereocenters. The van der Waals surface area contributed by atoms with E-state index in [9.17, 15) is 14.9 Å². The van der Waals surface area contributed by atoms with Crippen molar-refractivity contribution in [3.05, 3.63) is 27.8 Å². The van der Waals surface area contributed by atoms with Crippen molar-refractivity contribution in [1.29, 1.82) is 0 Å². The number of nitrogens with zero attached hydrogens (tertiary/aromatic N) is 2. The van der Waals surface area contributed by atoms with E-state index in [2.05, 4.69) is 29.4 Å². The Balaban J connectivity index is 2.13. The van der Waals surface area contributed by atoms with E-state index in [-0.39, 0.29) is 18.0 Å². The van der Waals surface area contributed by atoms with Gasteiger partial charge in [-0.1, -0.05) is 13.8 Å². The molecule has 1 heterocycles. The number of nitro groups is 1. The number of carbonyl (C=O) groups is 1. The predicted molar refractivity (Wildman–Crippen MR) is 81.7 cm³/mol. The first kappa shape index (κ1) is 15.2. The molecule has 2 N–H and O–H groups in total. The summed E-state index contributed by atoms with van der Waals surface area (Å²) in [5.41, 5.74) is 1.81. The van der Waals surface area contributed by atoms with Crippen LogP contribution in [0.15, 0.2) is 12.1 Å². The van der Waals surface area contributed by atoms with Crippen molar-refractivity contribution < 1.29 is 9.72 Å². The molecule has 1 aliphatic rings. The van der Waals surface area contributed by atoms with E-state index in [4.69, 9.17) is 0 Å². The van der Waals surface area contributed by atoms with Crippen molar-refractivity contribution in [3.8, 4) is 0 Å². The van der Waals surface area contributed by atoms with E-state index in [1.165, 1.54) is 6.07 Å². The third-order valence-electron chi connectivity index (χ3n) is 3.68. The molecule has 1 aromatic rings. The minimum atomic E-state index is -0.414. The number of amides is 1. The number of anilines is 2. The standard InChI is InChI=1S/C14H20N4O3/c1-3-17(4-2)6-5-15-12-9-11-10(8-14(19)16-11)7-13(12)18(20)21/h7,9,15H,3-6,8H2,1-2H3,(H,16,19). The highest BCUT2D eigenvalue weighted by Crippen LogP contribution is 2.34. The van der Waals surface area contributed by atoms with Gasteiger partial charge in [0.15, 0.2) is 0 Å². The molecule has 1 amide bonds. The average Bonchev–Trinajstić information content (AvgIpc) is 2.81. The van der Waals surface area contributed by atoms with Crippen LogP contribution in [-0.2, 0) is 11.2 Å². The fraction of sp³-hybridized carbons (Fsp3) is 0.500. The SMILES string of the molecule is CCN(CC)CCNc1cc2c(cc1[N+](=O)[O-])CC(=O)N2. The Morgan fingerprint density at radius 1 is 1.38 bits per heavy atom. The van der Waals surface area contributed by atoms with Gasteiger partial charge in [0, 0.05) is 24.8 Å². The van der Waals surface area contributed by atoms with Crippen LogP contribution < -0.4 is 10.6 Å². The maximum absolute atomic E-state index is 11.4. The van der Waals surface area contributed by atoms with Gasteiger partial charge in [0.2, 0.25) is 5.91 Å². The summed E-state index contributed by atoms with van der Waals surface area (Å²) in [5, 5.41) is 17.0. The number of nitrogens with one attached hydrogen (secondary N) is 2. The highest BCUT2D eigenvalue weighted by atomic mass is 16.6. The van der Waals surface area contributed by atoms with E-state index < -0.39 is 4.92 Å². The topological polar surface area (TPSA) is 87.5 Å². The summed E-state index contributed by atoms with van der Waals surface area (Å²) in [6.45, 7) is 7.48. The summed E-state index contributed by atoms with van der Waals surface area (Å²) in [6, 6.07) is 3.13. The number of carbonyl (C=O) groups excluding carboxylic acids is 1. The minimum absolute atomic E-state index is 0.0183. The Hall–Kier alpha value is -2.15. The van der Waals surface area contributed by atoms with Crippen molar-refractivity contribution in [3.63, 3.8) is 0 Å². The molecular weight excluding hydrogens is 272 g/mol. The zero-order valence-corrected chi connectivity index (χ0v) is 12.3. The number of hydrogen-bond acceptors (Lipinski definition) is 5. The largest absolute Gasteiger partial charge is 0.378 e. The molecule has 0 spiro atoms. The minimum Gasteiger partial charge on any atom is -0.378 e. The number of rotatable bonds is 7. The van der Waals surface area contributed by atoms with E-state index in [0.29, 0.717) is 23.5 Å². The Morgan fingerprint density at radius 3 is 2.71 bits per heavy atom. The average molecular weight is 292 g/mol. The molecule has 0 saturated heterocycles. The molecule has 7 heteroatoms. The molecule has 0 fully saturated rings. The van der Waals surface area contributed by atoms with Crippen LogP contribution in [0.1, 0.15) is 19.4 Å². The lowest BCUT2D eigenvalue weighted by atomic mass is 10.1. The van der Waals surface area contributed by atoms with Crippen LogP contribution in [0.4, 0.5) is 17.1 Å². The lowest BCUT2D eigenvalue weighted by Gasteiger charge is -2.18. The first-order valence-corrected chi connectivity index (χ1v) is 7.12. The molecule has 0 bridgehead atoms. The van der Waals surface area contributed by atoms with Gasteiger partial charge in [0.1, 0.15) is 5.69 Å². The molecule has 2 rings (SSSR count). The molecule has 0 radical (unpaired) electrons. The first-order valence-electron chi connectivity index (χ1n) is 7.12. The van der Waals surface area contributed by atoms with Crippen molar-refractivity contribution in [2.45, 2.75) is 20.3 Å². The summed E-state index contributed by atoms with van der Waals surface area (Å²) in [5.74, 6) is -0.125. The normalized spacial score (nSPS) is 13.2. The van der Waals surface area contributed by atoms with Crippen LogP contribution in [-0.4, -0.2) is 41.9 Å². The van der Waals surface area contributed by atoms with Crippen molar-refractivity contribution >= 4 is 23.0 Å². The zero-order valence-electron chi connectivity index (χ0n) is 12.3. The van der Waals surface area contributed by atoms with Gasteiger partial charge in [-0.3, -0.25) is 14.9 Å². The van der Waals surface area contributed by atoms with Crippen molar-refractivity contribution in [2.75, 3.05) is 36.8 Å². The van der Waals surface area contributed by atoms with Crippen molar-refractivity contribution in [2.24, 2.45) is 0 Å². The third-order valence-corrected chi connectivity index (χ3v) is 3.68. The van der Waals surface area contributed by atoms with Crippen LogP contribution in [0.2, 0.25) is 0 Å². The van der Waals surface area contributed by atoms with Gasteiger partial charge in [-0.15, -0.1) is 0 Å². The van der Waals surface area contributed by atoms with Gasteiger partial charge in [-0.25, -0.2) is 0 Å². The maximum Gasteiger partial charge on any atom is 0.292 e. The van der Waals surface area contributed by atoms with Gasteiger partial charge in [0.05, 0.1) is 11.3 Å². The lowest BCUT2D eigenvalue weighted by Crippen LogP contribution is -2.28. The second kappa shape index (κ2) is 6.53. The molecular formula is C14H20N4O3. The summed E-state index contributed by atoms with van der Waals surface area (Å²) < 4.78 is 0. The highest BCUT2D eigenvalue weighted by molar-refractivity contribution is 6.00. The molecule has 0 aromatic heterocycles. The van der Waals surface area contributed by atoms with Crippen LogP contribution in [0, 0.1) is 10.1 Å². The number of likely N-dealkylation sites (N-methyl/N-ethyl adjacent to an activating group) is 1. The number of benzene rings is 1. The molecule has 1 aliphatic heterocycles. The fourth-order valence-corrected chi connectivity index (χ4v) is 2.44. The Labute approximate surface area is 123 Å². The molecule has 0 unspecified atom stereocenters. The fourth-order valence-electron chi connectivity index (χ4n) is 2.44. The second-order valence-corrected chi connectivity index (χ2v) is 4.96. The Morgan fingerprint density at radius 2 is 2.10 bits per heavy atom. The van der Waals surface area contributed by atoms with E-state index in [1.54, 1.807) is 6.07 Å². The smallest absolute Gasteiger partial charge is 0.292 e. The summed E-state index contributed by atoms with van der Waals surface area (Å²) >= 11 is 0. The summed E-state index contributed by atoms with van der Waals surface area (Å²) in [7, 11) is 0. The maximum atomic E-state index is 11.4. The molecule has 7 nitrogen and oxygen atoms in total. The third kappa shape index (κ3) is 3.49. The monoisotopic (exact) mass is 292 g/mol. The van der Waals surface area contributed by atoms with E-state index >= 15 is 0 Å². The predicted octanol–water partition coefficient (Wildman–Crippen LogP) is 1.84. The number of hydrogen-bond donors (Lipinski definition) is 2. The van der Waals surface area contributed by atoms with Crippen LogP contribution in [0.3, 0.4) is 0 Å². The summed E-state index contributed by atoms with van der Waals surface area (Å²) in [6.07, 6.45) is 0.204. The molecule has 1 aromatic carbocycles. The van der Waals surface area contributed by atoms with Gasteiger partial charge in [0.25, 0.3) is 5.69 Å². The van der Waals surface area contributed by atoms with Crippen LogP contribution >= 0.6 is 0 Å². The van der Waals surface area contributed by atoms with Crippen LogP contribution in [0.5, 0.6) is 0 Å². The lowest BCUT2D eigenvalue weighted by molar-refractivity contribution is -0.384. The molecule has 114 valence electrons. The molecule has 0 aliphatic carbocycles. The highest BCUT2D eigenvalue weighted by Gasteiger charge is 2.24. The van der Waals surface area contributed by atoms with E-state index in [1.807, 2.05) is 0 Å². The number of fused-ring (bicyclic) bond motifs is 1. The quantitative estimate of drug-likeness (QED) is 0.591. The van der Waals surface area contributed by atoms with Gasteiger partial charge in [-0.05, 0) is 24.7 Å².